The Bertz CT molecular complexity index is 1560. The molecule has 6 atom stereocenters. The molecular weight excluding hydrogens is 650 g/mol. The first-order chi connectivity index (χ1) is 23.5. The van der Waals surface area contributed by atoms with Crippen molar-refractivity contribution >= 4 is 23.9 Å². The predicted molar refractivity (Wildman–Crippen MR) is 193 cm³/mol. The van der Waals surface area contributed by atoms with E-state index in [0.29, 0.717) is 0 Å². The van der Waals surface area contributed by atoms with Crippen LogP contribution in [-0.2, 0) is 42.9 Å². The van der Waals surface area contributed by atoms with Gasteiger partial charge in [-0.3, -0.25) is 24.5 Å². The molecule has 0 aliphatic carbocycles. The lowest BCUT2D eigenvalue weighted by molar-refractivity contribution is -0.265. The number of benzene rings is 2. The van der Waals surface area contributed by atoms with Gasteiger partial charge in [-0.25, -0.2) is 0 Å². The molecule has 0 aromatic heterocycles. The van der Waals surface area contributed by atoms with Gasteiger partial charge >= 0.3 is 23.9 Å². The van der Waals surface area contributed by atoms with E-state index in [-0.39, 0.29) is 6.61 Å². The van der Waals surface area contributed by atoms with E-state index in [1.165, 1.54) is 0 Å². The molecule has 51 heavy (non-hydrogen) atoms. The van der Waals surface area contributed by atoms with Crippen molar-refractivity contribution < 1.29 is 42.9 Å². The molecule has 1 fully saturated rings. The van der Waals surface area contributed by atoms with Gasteiger partial charge in [0, 0.05) is 5.56 Å². The van der Waals surface area contributed by atoms with Crippen LogP contribution < -0.4 is 5.32 Å². The van der Waals surface area contributed by atoms with Crippen LogP contribution in [0.4, 0.5) is 0 Å². The highest BCUT2D eigenvalue weighted by molar-refractivity contribution is 5.78. The van der Waals surface area contributed by atoms with Crippen LogP contribution in [0.2, 0.25) is 0 Å². The minimum Gasteiger partial charge on any atom is -0.462 e. The van der Waals surface area contributed by atoms with Crippen molar-refractivity contribution in [3.63, 3.8) is 0 Å². The van der Waals surface area contributed by atoms with E-state index < -0.39 is 82.2 Å². The zero-order valence-corrected chi connectivity index (χ0v) is 32.1. The lowest BCUT2D eigenvalue weighted by atomic mass is 9.92. The Hall–Kier alpha value is -4.20. The Balaban J connectivity index is 2.23. The van der Waals surface area contributed by atoms with E-state index in [2.05, 4.69) is 17.2 Å². The van der Waals surface area contributed by atoms with E-state index in [0.717, 1.165) is 11.1 Å². The predicted octanol–water partition coefficient (Wildman–Crippen LogP) is 6.56. The monoisotopic (exact) mass is 705 g/mol. The first-order valence-electron chi connectivity index (χ1n) is 17.3. The van der Waals surface area contributed by atoms with Crippen LogP contribution in [0.25, 0.3) is 0 Å². The number of hydrogen-bond donors (Lipinski definition) is 1. The third-order valence-electron chi connectivity index (χ3n) is 7.79. The van der Waals surface area contributed by atoms with Crippen LogP contribution in [-0.4, -0.2) is 61.1 Å². The molecule has 1 N–H and O–H groups in total. The Morgan fingerprint density at radius 3 is 1.53 bits per heavy atom. The fourth-order valence-corrected chi connectivity index (χ4v) is 4.57. The smallest absolute Gasteiger partial charge is 0.311 e. The largest absolute Gasteiger partial charge is 0.462 e. The molecule has 278 valence electrons. The van der Waals surface area contributed by atoms with Crippen LogP contribution in [0.1, 0.15) is 100 Å². The highest BCUT2D eigenvalue weighted by Gasteiger charge is 2.55. The molecule has 2 aromatic rings. The number of esters is 4. The van der Waals surface area contributed by atoms with Gasteiger partial charge in [-0.15, -0.1) is 0 Å². The van der Waals surface area contributed by atoms with E-state index in [1.807, 2.05) is 60.7 Å². The lowest BCUT2D eigenvalue weighted by Gasteiger charge is -2.46. The molecule has 10 nitrogen and oxygen atoms in total. The first kappa shape index (κ1) is 41.2. The second kappa shape index (κ2) is 16.4. The number of ether oxygens (including phenoxy) is 5. The summed E-state index contributed by atoms with van der Waals surface area (Å²) in [7, 11) is 0. The molecule has 0 saturated carbocycles. The molecule has 0 spiro atoms. The summed E-state index contributed by atoms with van der Waals surface area (Å²) in [5.74, 6) is 4.09. The van der Waals surface area contributed by atoms with Crippen LogP contribution in [0, 0.1) is 33.5 Å². The minimum atomic E-state index is -1.38. The first-order valence-corrected chi connectivity index (χ1v) is 17.3. The van der Waals surface area contributed by atoms with Gasteiger partial charge in [0.2, 0.25) is 0 Å². The second-order valence-corrected chi connectivity index (χ2v) is 16.9. The molecule has 0 radical (unpaired) electrons. The third-order valence-corrected chi connectivity index (χ3v) is 7.79. The summed E-state index contributed by atoms with van der Waals surface area (Å²) < 4.78 is 30.7. The molecule has 1 heterocycles. The second-order valence-electron chi connectivity index (χ2n) is 16.9. The highest BCUT2D eigenvalue weighted by atomic mass is 16.7. The summed E-state index contributed by atoms with van der Waals surface area (Å²) in [5.41, 5.74) is -2.21. The number of hydrogen-bond acceptors (Lipinski definition) is 10. The van der Waals surface area contributed by atoms with Gasteiger partial charge in [-0.2, -0.15) is 0 Å². The number of carbonyl (C=O) groups is 4. The van der Waals surface area contributed by atoms with Crippen LogP contribution in [0.15, 0.2) is 60.7 Å². The van der Waals surface area contributed by atoms with Crippen molar-refractivity contribution in [1.82, 2.24) is 5.32 Å². The van der Waals surface area contributed by atoms with Gasteiger partial charge in [0.1, 0.15) is 12.7 Å². The Labute approximate surface area is 303 Å². The van der Waals surface area contributed by atoms with E-state index >= 15 is 0 Å². The van der Waals surface area contributed by atoms with Crippen molar-refractivity contribution in [3.05, 3.63) is 71.8 Å². The van der Waals surface area contributed by atoms with E-state index in [1.54, 1.807) is 83.1 Å². The van der Waals surface area contributed by atoms with Gasteiger partial charge in [0.25, 0.3) is 0 Å². The summed E-state index contributed by atoms with van der Waals surface area (Å²) in [4.78, 5) is 53.7. The Kier molecular flexibility index (Phi) is 13.3. The average molecular weight is 706 g/mol. The molecule has 2 aromatic carbocycles. The minimum absolute atomic E-state index is 0.356. The lowest BCUT2D eigenvalue weighted by Crippen LogP contribution is -2.66. The summed E-state index contributed by atoms with van der Waals surface area (Å²) in [6.45, 7) is 20.0. The average Bonchev–Trinajstić information content (AvgIpc) is 3.03. The molecule has 3 rings (SSSR count). The summed E-state index contributed by atoms with van der Waals surface area (Å²) in [6.07, 6.45) is -6.39. The topological polar surface area (TPSA) is 126 Å². The zero-order chi connectivity index (χ0) is 38.4. The molecule has 1 aliphatic rings. The van der Waals surface area contributed by atoms with Gasteiger partial charge in [0.15, 0.2) is 24.5 Å². The third kappa shape index (κ3) is 11.9. The highest BCUT2D eigenvalue weighted by Crippen LogP contribution is 2.34. The SMILES string of the molecule is CC(C)(C)C(=O)OC[C@H]1O[C@@H](N[C@@H](C#Cc2ccccc2)c2ccccc2)[C@H](OC(=O)C(C)(C)C)[C@@H](OC(=O)C(C)(C)C)[C@@H]1OC(=O)C(C)(C)C. The van der Waals surface area contributed by atoms with E-state index in [4.69, 9.17) is 23.7 Å². The zero-order valence-electron chi connectivity index (χ0n) is 32.1. The normalized spacial score (nSPS) is 21.7. The molecule has 0 amide bonds. The fourth-order valence-electron chi connectivity index (χ4n) is 4.57. The Morgan fingerprint density at radius 1 is 0.627 bits per heavy atom. The number of nitrogens with one attached hydrogen (secondary N) is 1. The Morgan fingerprint density at radius 2 is 1.06 bits per heavy atom. The van der Waals surface area contributed by atoms with E-state index in [9.17, 15) is 19.2 Å². The van der Waals surface area contributed by atoms with Crippen LogP contribution in [0.3, 0.4) is 0 Å². The van der Waals surface area contributed by atoms with Gasteiger partial charge in [0.05, 0.1) is 27.7 Å². The van der Waals surface area contributed by atoms with Gasteiger partial charge < -0.3 is 23.7 Å². The summed E-state index contributed by atoms with van der Waals surface area (Å²) >= 11 is 0. The van der Waals surface area contributed by atoms with Crippen LogP contribution in [0.5, 0.6) is 0 Å². The van der Waals surface area contributed by atoms with Crippen molar-refractivity contribution in [2.75, 3.05) is 6.61 Å². The van der Waals surface area contributed by atoms with Gasteiger partial charge in [-0.05, 0) is 101 Å². The maximum atomic E-state index is 13.6. The standard InChI is InChI=1S/C41H55NO9/c1-38(2,3)34(43)47-25-29-30(49-35(44)39(4,5)6)31(50-36(45)40(7,8)9)32(51-37(46)41(10,11)12)33(48-29)42-28(27-21-17-14-18-22-27)24-23-26-19-15-13-16-20-26/h13-22,28-33,42H,25H2,1-12H3/t28-,29+,30+,31-,32+,33+/m0/s1. The summed E-state index contributed by atoms with van der Waals surface area (Å²) in [6, 6.07) is 18.2. The van der Waals surface area contributed by atoms with Crippen molar-refractivity contribution in [3.8, 4) is 11.8 Å². The molecule has 0 unspecified atom stereocenters. The summed E-state index contributed by atoms with van der Waals surface area (Å²) in [5, 5.41) is 3.40. The maximum Gasteiger partial charge on any atom is 0.311 e. The molecule has 10 heteroatoms. The van der Waals surface area contributed by atoms with Crippen molar-refractivity contribution in [1.29, 1.82) is 0 Å². The van der Waals surface area contributed by atoms with Gasteiger partial charge in [-0.1, -0.05) is 60.4 Å². The maximum absolute atomic E-state index is 13.6. The molecule has 0 bridgehead atoms. The van der Waals surface area contributed by atoms with Crippen molar-refractivity contribution in [2.24, 2.45) is 21.7 Å². The molecule has 1 saturated heterocycles. The number of rotatable bonds is 8. The number of carbonyl (C=O) groups excluding carboxylic acids is 4. The van der Waals surface area contributed by atoms with Crippen molar-refractivity contribution in [2.45, 2.75) is 120 Å². The molecule has 1 aliphatic heterocycles. The molecular formula is C41H55NO9. The quantitative estimate of drug-likeness (QED) is 0.183. The van der Waals surface area contributed by atoms with Crippen LogP contribution >= 0.6 is 0 Å². The fraction of sp³-hybridized carbons (Fsp3) is 0.561.